The summed E-state index contributed by atoms with van der Waals surface area (Å²) in [5.41, 5.74) is 1.33. The summed E-state index contributed by atoms with van der Waals surface area (Å²) in [6.45, 7) is 4.57. The second-order valence-electron chi connectivity index (χ2n) is 6.80. The van der Waals surface area contributed by atoms with Crippen molar-refractivity contribution in [3.05, 3.63) is 23.8 Å². The predicted molar refractivity (Wildman–Crippen MR) is 85.0 cm³/mol. The highest BCUT2D eigenvalue weighted by Gasteiger charge is 2.36. The Kier molecular flexibility index (Phi) is 5.15. The first kappa shape index (κ1) is 16.2. The van der Waals surface area contributed by atoms with Gasteiger partial charge in [-0.25, -0.2) is 0 Å². The second-order valence-corrected chi connectivity index (χ2v) is 6.80. The van der Waals surface area contributed by atoms with Gasteiger partial charge in [-0.3, -0.25) is 0 Å². The fourth-order valence-corrected chi connectivity index (χ4v) is 3.63. The van der Waals surface area contributed by atoms with Gasteiger partial charge < -0.3 is 14.6 Å². The van der Waals surface area contributed by atoms with Gasteiger partial charge in [0, 0.05) is 0 Å². The van der Waals surface area contributed by atoms with Gasteiger partial charge >= 0.3 is 0 Å². The highest BCUT2D eigenvalue weighted by atomic mass is 16.5. The molecule has 0 aromatic heterocycles. The summed E-state index contributed by atoms with van der Waals surface area (Å²) in [5, 5.41) is 10.7. The molecular formula is C18H28O3. The molecule has 1 aliphatic carbocycles. The van der Waals surface area contributed by atoms with E-state index in [2.05, 4.69) is 13.8 Å². The third kappa shape index (κ3) is 3.70. The predicted octanol–water partition coefficient (Wildman–Crippen LogP) is 3.82. The molecule has 2 rings (SSSR count). The maximum absolute atomic E-state index is 10.7. The first-order chi connectivity index (χ1) is 9.97. The minimum Gasteiger partial charge on any atom is -0.493 e. The smallest absolute Gasteiger partial charge is 0.160 e. The van der Waals surface area contributed by atoms with Crippen LogP contribution in [0.1, 0.15) is 45.1 Å². The number of aliphatic hydroxyl groups is 1. The summed E-state index contributed by atoms with van der Waals surface area (Å²) in [6.07, 6.45) is 5.23. The molecule has 21 heavy (non-hydrogen) atoms. The molecule has 0 bridgehead atoms. The molecule has 0 amide bonds. The zero-order chi connectivity index (χ0) is 15.5. The molecule has 1 saturated carbocycles. The van der Waals surface area contributed by atoms with E-state index in [0.717, 1.165) is 23.5 Å². The molecule has 1 aromatic rings. The number of hydrogen-bond acceptors (Lipinski definition) is 3. The van der Waals surface area contributed by atoms with Crippen molar-refractivity contribution in [1.82, 2.24) is 0 Å². The van der Waals surface area contributed by atoms with Gasteiger partial charge in [0.1, 0.15) is 0 Å². The van der Waals surface area contributed by atoms with Crippen molar-refractivity contribution in [1.29, 1.82) is 0 Å². The van der Waals surface area contributed by atoms with Crippen LogP contribution >= 0.6 is 0 Å². The van der Waals surface area contributed by atoms with E-state index in [1.165, 1.54) is 19.3 Å². The van der Waals surface area contributed by atoms with Gasteiger partial charge in [0.25, 0.3) is 0 Å². The van der Waals surface area contributed by atoms with Crippen LogP contribution in [0.15, 0.2) is 18.2 Å². The number of benzene rings is 1. The summed E-state index contributed by atoms with van der Waals surface area (Å²) in [7, 11) is 3.28. The topological polar surface area (TPSA) is 38.7 Å². The van der Waals surface area contributed by atoms with Crippen molar-refractivity contribution in [2.45, 2.75) is 52.1 Å². The number of methoxy groups -OCH3 is 2. The summed E-state index contributed by atoms with van der Waals surface area (Å²) in [4.78, 5) is 0. The van der Waals surface area contributed by atoms with E-state index in [0.29, 0.717) is 12.3 Å². The quantitative estimate of drug-likeness (QED) is 0.896. The van der Waals surface area contributed by atoms with E-state index in [1.807, 2.05) is 18.2 Å². The monoisotopic (exact) mass is 292 g/mol. The van der Waals surface area contributed by atoms with Crippen molar-refractivity contribution in [2.24, 2.45) is 11.3 Å². The highest BCUT2D eigenvalue weighted by molar-refractivity contribution is 5.43. The maximum atomic E-state index is 10.7. The lowest BCUT2D eigenvalue weighted by atomic mass is 9.66. The fourth-order valence-electron chi connectivity index (χ4n) is 3.63. The molecule has 118 valence electrons. The van der Waals surface area contributed by atoms with Crippen molar-refractivity contribution in [3.8, 4) is 11.5 Å². The van der Waals surface area contributed by atoms with Crippen molar-refractivity contribution in [2.75, 3.05) is 14.2 Å². The standard InChI is InChI=1S/C18H28O3/c1-18(2)10-6-5-7-14(18)15(19)11-13-8-9-16(20-3)17(12-13)21-4/h8-9,12,14-15,19H,5-7,10-11H2,1-4H3. The lowest BCUT2D eigenvalue weighted by Gasteiger charge is -2.41. The van der Waals surface area contributed by atoms with Crippen LogP contribution in [0, 0.1) is 11.3 Å². The zero-order valence-electron chi connectivity index (χ0n) is 13.7. The Morgan fingerprint density at radius 3 is 2.52 bits per heavy atom. The molecule has 0 saturated heterocycles. The van der Waals surface area contributed by atoms with Crippen molar-refractivity contribution >= 4 is 0 Å². The van der Waals surface area contributed by atoms with Crippen LogP contribution in [0.5, 0.6) is 11.5 Å². The van der Waals surface area contributed by atoms with Gasteiger partial charge in [-0.2, -0.15) is 0 Å². The minimum absolute atomic E-state index is 0.230. The number of rotatable bonds is 5. The van der Waals surface area contributed by atoms with Gasteiger partial charge in [-0.05, 0) is 48.3 Å². The third-order valence-corrected chi connectivity index (χ3v) is 4.95. The number of ether oxygens (including phenoxy) is 2. The van der Waals surface area contributed by atoms with E-state index in [9.17, 15) is 5.11 Å². The van der Waals surface area contributed by atoms with E-state index in [4.69, 9.17) is 9.47 Å². The van der Waals surface area contributed by atoms with Crippen LogP contribution in [0.25, 0.3) is 0 Å². The van der Waals surface area contributed by atoms with Gasteiger partial charge in [0.05, 0.1) is 20.3 Å². The summed E-state index contributed by atoms with van der Waals surface area (Å²) >= 11 is 0. The van der Waals surface area contributed by atoms with Crippen LogP contribution in [0.2, 0.25) is 0 Å². The normalized spacial score (nSPS) is 22.6. The molecule has 1 N–H and O–H groups in total. The van der Waals surface area contributed by atoms with Gasteiger partial charge in [0.15, 0.2) is 11.5 Å². The molecule has 2 unspecified atom stereocenters. The molecule has 0 aliphatic heterocycles. The minimum atomic E-state index is -0.293. The average Bonchev–Trinajstić information content (AvgIpc) is 2.46. The van der Waals surface area contributed by atoms with Crippen LogP contribution < -0.4 is 9.47 Å². The molecule has 2 atom stereocenters. The van der Waals surface area contributed by atoms with E-state index in [-0.39, 0.29) is 11.5 Å². The van der Waals surface area contributed by atoms with E-state index in [1.54, 1.807) is 14.2 Å². The Labute approximate surface area is 128 Å². The third-order valence-electron chi connectivity index (χ3n) is 4.95. The molecule has 0 heterocycles. The van der Waals surface area contributed by atoms with Crippen molar-refractivity contribution < 1.29 is 14.6 Å². The largest absolute Gasteiger partial charge is 0.493 e. The molecule has 1 fully saturated rings. The van der Waals surface area contributed by atoms with Crippen LogP contribution in [-0.4, -0.2) is 25.4 Å². The maximum Gasteiger partial charge on any atom is 0.160 e. The van der Waals surface area contributed by atoms with E-state index >= 15 is 0 Å². The summed E-state index contributed by atoms with van der Waals surface area (Å²) in [5.74, 6) is 1.83. The van der Waals surface area contributed by atoms with Crippen LogP contribution in [0.3, 0.4) is 0 Å². The lowest BCUT2D eigenvalue weighted by Crippen LogP contribution is -2.37. The Hall–Kier alpha value is -1.22. The second kappa shape index (κ2) is 6.69. The molecule has 3 nitrogen and oxygen atoms in total. The van der Waals surface area contributed by atoms with Crippen molar-refractivity contribution in [3.63, 3.8) is 0 Å². The Morgan fingerprint density at radius 1 is 1.19 bits per heavy atom. The highest BCUT2D eigenvalue weighted by Crippen LogP contribution is 2.43. The number of hydrogen-bond donors (Lipinski definition) is 1. The first-order valence-corrected chi connectivity index (χ1v) is 7.87. The van der Waals surface area contributed by atoms with Gasteiger partial charge in [-0.15, -0.1) is 0 Å². The van der Waals surface area contributed by atoms with Gasteiger partial charge in [0.2, 0.25) is 0 Å². The van der Waals surface area contributed by atoms with Gasteiger partial charge in [-0.1, -0.05) is 32.8 Å². The molecular weight excluding hydrogens is 264 g/mol. The molecule has 0 radical (unpaired) electrons. The molecule has 3 heteroatoms. The molecule has 1 aliphatic rings. The Balaban J connectivity index is 2.10. The molecule has 0 spiro atoms. The fraction of sp³-hybridized carbons (Fsp3) is 0.667. The SMILES string of the molecule is COc1ccc(CC(O)C2CCCCC2(C)C)cc1OC. The average molecular weight is 292 g/mol. The first-order valence-electron chi connectivity index (χ1n) is 7.87. The van der Waals surface area contributed by atoms with Crippen LogP contribution in [0.4, 0.5) is 0 Å². The summed E-state index contributed by atoms with van der Waals surface area (Å²) < 4.78 is 10.6. The Morgan fingerprint density at radius 2 is 1.90 bits per heavy atom. The summed E-state index contributed by atoms with van der Waals surface area (Å²) in [6, 6.07) is 5.89. The number of aliphatic hydroxyl groups excluding tert-OH is 1. The Bertz CT molecular complexity index is 468. The van der Waals surface area contributed by atoms with Crippen LogP contribution in [-0.2, 0) is 6.42 Å². The lowest BCUT2D eigenvalue weighted by molar-refractivity contribution is 0.00578. The molecule has 1 aromatic carbocycles. The van der Waals surface area contributed by atoms with E-state index < -0.39 is 0 Å². The zero-order valence-corrected chi connectivity index (χ0v) is 13.7.